The van der Waals surface area contributed by atoms with Gasteiger partial charge in [-0.05, 0) is 57.2 Å². The van der Waals surface area contributed by atoms with Gasteiger partial charge in [-0.1, -0.05) is 20.8 Å². The van der Waals surface area contributed by atoms with Crippen LogP contribution in [0.25, 0.3) is 0 Å². The fraction of sp³-hybridized carbons (Fsp3) is 0.391. The molecule has 2 N–H and O–H groups in total. The van der Waals surface area contributed by atoms with Gasteiger partial charge in [0.05, 0.1) is 28.9 Å². The molecule has 9 heteroatoms. The topological polar surface area (TPSA) is 106 Å². The standard InChI is InChI=1S/C23H30N4O4S/c1-22(2,3)19-14-20(27(26-19)23(4,5)6)25-21(28)16-9-11-18(12-10-16)32(29,30)24-15-17-8-7-13-31-17/h7-14,24H,15H2,1-6H3,(H,25,28). The molecule has 0 radical (unpaired) electrons. The molecule has 0 aliphatic carbocycles. The molecule has 32 heavy (non-hydrogen) atoms. The molecule has 1 amide bonds. The van der Waals surface area contributed by atoms with E-state index in [-0.39, 0.29) is 28.3 Å². The van der Waals surface area contributed by atoms with Crippen LogP contribution in [0.3, 0.4) is 0 Å². The van der Waals surface area contributed by atoms with Crippen molar-refractivity contribution in [2.75, 3.05) is 5.32 Å². The normalized spacial score (nSPS) is 12.7. The van der Waals surface area contributed by atoms with Gasteiger partial charge in [-0.25, -0.2) is 17.8 Å². The third kappa shape index (κ3) is 5.46. The molecular weight excluding hydrogens is 428 g/mol. The second-order valence-corrected chi connectivity index (χ2v) is 11.4. The summed E-state index contributed by atoms with van der Waals surface area (Å²) in [5.41, 5.74) is 0.707. The summed E-state index contributed by atoms with van der Waals surface area (Å²) >= 11 is 0. The second-order valence-electron chi connectivity index (χ2n) is 9.63. The molecular formula is C23H30N4O4S. The molecule has 0 atom stereocenters. The van der Waals surface area contributed by atoms with Gasteiger partial charge in [0.25, 0.3) is 5.91 Å². The Morgan fingerprint density at radius 1 is 1.06 bits per heavy atom. The molecule has 0 spiro atoms. The Hall–Kier alpha value is -2.91. The largest absolute Gasteiger partial charge is 0.468 e. The molecule has 8 nitrogen and oxygen atoms in total. The minimum atomic E-state index is -3.73. The molecule has 1 aromatic carbocycles. The average molecular weight is 459 g/mol. The third-order valence-corrected chi connectivity index (χ3v) is 6.22. The van der Waals surface area contributed by atoms with Crippen LogP contribution in [0.1, 0.15) is 63.4 Å². The van der Waals surface area contributed by atoms with Crippen LogP contribution in [0.4, 0.5) is 5.82 Å². The van der Waals surface area contributed by atoms with Crippen molar-refractivity contribution in [2.24, 2.45) is 0 Å². The lowest BCUT2D eigenvalue weighted by Gasteiger charge is -2.23. The van der Waals surface area contributed by atoms with E-state index in [1.54, 1.807) is 16.8 Å². The first kappa shape index (κ1) is 23.7. The molecule has 172 valence electrons. The van der Waals surface area contributed by atoms with E-state index in [2.05, 4.69) is 30.8 Å². The Morgan fingerprint density at radius 2 is 1.72 bits per heavy atom. The number of carbonyl (C=O) groups excluding carboxylic acids is 1. The van der Waals surface area contributed by atoms with Crippen LogP contribution in [0.2, 0.25) is 0 Å². The lowest BCUT2D eigenvalue weighted by Crippen LogP contribution is -2.27. The van der Waals surface area contributed by atoms with Crippen LogP contribution < -0.4 is 10.0 Å². The SMILES string of the molecule is CC(C)(C)c1cc(NC(=O)c2ccc(S(=O)(=O)NCc3ccco3)cc2)n(C(C)(C)C)n1. The molecule has 0 unspecified atom stereocenters. The molecule has 0 saturated heterocycles. The first-order valence-corrected chi connectivity index (χ1v) is 11.8. The van der Waals surface area contributed by atoms with Gasteiger partial charge in [0.2, 0.25) is 10.0 Å². The van der Waals surface area contributed by atoms with Crippen LogP contribution in [0, 0.1) is 0 Å². The number of benzene rings is 1. The van der Waals surface area contributed by atoms with E-state index in [1.807, 2.05) is 26.8 Å². The number of aromatic nitrogens is 2. The molecule has 0 saturated carbocycles. The molecule has 3 aromatic rings. The summed E-state index contributed by atoms with van der Waals surface area (Å²) < 4.78 is 34.4. The van der Waals surface area contributed by atoms with Gasteiger partial charge in [0, 0.05) is 17.0 Å². The van der Waals surface area contributed by atoms with Gasteiger partial charge in [0.1, 0.15) is 11.6 Å². The summed E-state index contributed by atoms with van der Waals surface area (Å²) in [4.78, 5) is 12.9. The lowest BCUT2D eigenvalue weighted by atomic mass is 9.92. The van der Waals surface area contributed by atoms with Crippen molar-refractivity contribution in [1.29, 1.82) is 0 Å². The second kappa shape index (κ2) is 8.55. The molecule has 0 aliphatic rings. The van der Waals surface area contributed by atoms with Crippen molar-refractivity contribution in [1.82, 2.24) is 14.5 Å². The van der Waals surface area contributed by atoms with Crippen molar-refractivity contribution in [2.45, 2.75) is 63.9 Å². The Kier molecular flexibility index (Phi) is 6.35. The van der Waals surface area contributed by atoms with Gasteiger partial charge < -0.3 is 9.73 Å². The summed E-state index contributed by atoms with van der Waals surface area (Å²) in [6.45, 7) is 12.3. The Morgan fingerprint density at radius 3 is 2.25 bits per heavy atom. The molecule has 0 aliphatic heterocycles. The lowest BCUT2D eigenvalue weighted by molar-refractivity contribution is 0.102. The van der Waals surface area contributed by atoms with Crippen LogP contribution in [0.15, 0.2) is 58.0 Å². The van der Waals surface area contributed by atoms with E-state index in [4.69, 9.17) is 9.52 Å². The van der Waals surface area contributed by atoms with E-state index in [0.717, 1.165) is 5.69 Å². The number of nitrogens with zero attached hydrogens (tertiary/aromatic N) is 2. The minimum absolute atomic E-state index is 0.0461. The number of carbonyl (C=O) groups is 1. The average Bonchev–Trinajstić information content (AvgIpc) is 3.36. The van der Waals surface area contributed by atoms with E-state index in [1.165, 1.54) is 30.5 Å². The number of rotatable bonds is 6. The Labute approximate surface area is 189 Å². The fourth-order valence-corrected chi connectivity index (χ4v) is 3.98. The first-order valence-electron chi connectivity index (χ1n) is 10.3. The highest BCUT2D eigenvalue weighted by Crippen LogP contribution is 2.28. The smallest absolute Gasteiger partial charge is 0.256 e. The molecule has 0 fully saturated rings. The Bertz CT molecular complexity index is 1180. The maximum Gasteiger partial charge on any atom is 0.256 e. The predicted octanol–water partition coefficient (Wildman–Crippen LogP) is 4.26. The van der Waals surface area contributed by atoms with Crippen molar-refractivity contribution < 1.29 is 17.6 Å². The monoisotopic (exact) mass is 458 g/mol. The van der Waals surface area contributed by atoms with Gasteiger partial charge >= 0.3 is 0 Å². The number of amides is 1. The van der Waals surface area contributed by atoms with Crippen LogP contribution in [-0.4, -0.2) is 24.1 Å². The van der Waals surface area contributed by atoms with E-state index < -0.39 is 10.0 Å². The fourth-order valence-electron chi connectivity index (χ4n) is 2.98. The quantitative estimate of drug-likeness (QED) is 0.574. The summed E-state index contributed by atoms with van der Waals surface area (Å²) in [5.74, 6) is 0.752. The van der Waals surface area contributed by atoms with E-state index in [0.29, 0.717) is 17.1 Å². The van der Waals surface area contributed by atoms with Gasteiger partial charge in [-0.3, -0.25) is 4.79 Å². The molecule has 2 heterocycles. The number of sulfonamides is 1. The van der Waals surface area contributed by atoms with Crippen molar-refractivity contribution in [3.8, 4) is 0 Å². The highest BCUT2D eigenvalue weighted by molar-refractivity contribution is 7.89. The maximum atomic E-state index is 12.9. The summed E-state index contributed by atoms with van der Waals surface area (Å²) in [6.07, 6.45) is 1.48. The summed E-state index contributed by atoms with van der Waals surface area (Å²) in [7, 11) is -3.73. The zero-order valence-electron chi connectivity index (χ0n) is 19.3. The molecule has 0 bridgehead atoms. The Balaban J connectivity index is 1.77. The van der Waals surface area contributed by atoms with Gasteiger partial charge in [-0.15, -0.1) is 0 Å². The van der Waals surface area contributed by atoms with Gasteiger partial charge in [0.15, 0.2) is 0 Å². The van der Waals surface area contributed by atoms with Crippen molar-refractivity contribution in [3.05, 3.63) is 65.7 Å². The van der Waals surface area contributed by atoms with E-state index in [9.17, 15) is 13.2 Å². The van der Waals surface area contributed by atoms with Crippen LogP contribution in [0.5, 0.6) is 0 Å². The number of furan rings is 1. The van der Waals surface area contributed by atoms with E-state index >= 15 is 0 Å². The highest BCUT2D eigenvalue weighted by Gasteiger charge is 2.26. The number of nitrogens with one attached hydrogen (secondary N) is 2. The number of hydrogen-bond donors (Lipinski definition) is 2. The number of hydrogen-bond acceptors (Lipinski definition) is 5. The molecule has 3 rings (SSSR count). The first-order chi connectivity index (χ1) is 14.8. The van der Waals surface area contributed by atoms with Gasteiger partial charge in [-0.2, -0.15) is 5.10 Å². The third-order valence-electron chi connectivity index (χ3n) is 4.80. The van der Waals surface area contributed by atoms with Crippen LogP contribution >= 0.6 is 0 Å². The number of anilines is 1. The molecule has 2 aromatic heterocycles. The predicted molar refractivity (Wildman–Crippen MR) is 123 cm³/mol. The summed E-state index contributed by atoms with van der Waals surface area (Å²) in [5, 5.41) is 7.61. The summed E-state index contributed by atoms with van der Waals surface area (Å²) in [6, 6.07) is 11.0. The maximum absolute atomic E-state index is 12.9. The van der Waals surface area contributed by atoms with Crippen molar-refractivity contribution in [3.63, 3.8) is 0 Å². The zero-order chi connectivity index (χ0) is 23.7. The minimum Gasteiger partial charge on any atom is -0.468 e. The van der Waals surface area contributed by atoms with Crippen LogP contribution in [-0.2, 0) is 27.5 Å². The highest BCUT2D eigenvalue weighted by atomic mass is 32.2. The zero-order valence-corrected chi connectivity index (χ0v) is 20.1. The van der Waals surface area contributed by atoms with Crippen molar-refractivity contribution >= 4 is 21.7 Å².